The molecule has 0 bridgehead atoms. The van der Waals surface area contributed by atoms with E-state index in [1.54, 1.807) is 18.2 Å². The number of hydrogen-bond acceptors (Lipinski definition) is 4. The van der Waals surface area contributed by atoms with Crippen molar-refractivity contribution in [3.05, 3.63) is 23.2 Å². The van der Waals surface area contributed by atoms with Gasteiger partial charge in [0, 0.05) is 18.1 Å². The third kappa shape index (κ3) is 3.16. The number of likely N-dealkylation sites (tertiary alicyclic amines) is 1. The average Bonchev–Trinajstić information content (AvgIpc) is 2.86. The second kappa shape index (κ2) is 6.12. The highest BCUT2D eigenvalue weighted by molar-refractivity contribution is 6.31. The molecule has 1 aliphatic heterocycles. The predicted octanol–water partition coefficient (Wildman–Crippen LogP) is 2.02. The van der Waals surface area contributed by atoms with Crippen LogP contribution in [0, 0.1) is 11.8 Å². The molecular weight excluding hydrogens is 304 g/mol. The standard InChI is InChI=1S/C15H19ClN4O2/c1-10-5-11(2)8-19(7-10)15(21)9-22-20-14-6-12(16)3-4-13(14)17-18-20/h3-4,6,10-11H,5,7-9H2,1-2H3. The highest BCUT2D eigenvalue weighted by atomic mass is 35.5. The molecule has 1 aliphatic rings. The molecule has 1 amide bonds. The molecule has 3 rings (SSSR count). The first-order chi connectivity index (χ1) is 10.5. The summed E-state index contributed by atoms with van der Waals surface area (Å²) in [5.74, 6) is 1.03. The summed E-state index contributed by atoms with van der Waals surface area (Å²) in [4.78, 5) is 20.9. The van der Waals surface area contributed by atoms with Crippen molar-refractivity contribution in [3.8, 4) is 0 Å². The molecule has 0 N–H and O–H groups in total. The maximum Gasteiger partial charge on any atom is 0.263 e. The quantitative estimate of drug-likeness (QED) is 0.867. The Balaban J connectivity index is 1.66. The van der Waals surface area contributed by atoms with E-state index in [4.69, 9.17) is 16.4 Å². The molecule has 2 atom stereocenters. The van der Waals surface area contributed by atoms with Crippen LogP contribution in [0.15, 0.2) is 18.2 Å². The maximum absolute atomic E-state index is 12.3. The van der Waals surface area contributed by atoms with Crippen LogP contribution in [0.25, 0.3) is 11.0 Å². The van der Waals surface area contributed by atoms with E-state index in [1.807, 2.05) is 4.90 Å². The number of fused-ring (bicyclic) bond motifs is 1. The minimum atomic E-state index is -0.0512. The lowest BCUT2D eigenvalue weighted by atomic mass is 9.92. The van der Waals surface area contributed by atoms with Gasteiger partial charge in [0.05, 0.1) is 0 Å². The van der Waals surface area contributed by atoms with E-state index < -0.39 is 0 Å². The lowest BCUT2D eigenvalue weighted by molar-refractivity contribution is -0.139. The zero-order valence-corrected chi connectivity index (χ0v) is 13.5. The summed E-state index contributed by atoms with van der Waals surface area (Å²) in [6.07, 6.45) is 1.16. The lowest BCUT2D eigenvalue weighted by Crippen LogP contribution is -2.45. The number of hydrogen-bond donors (Lipinski definition) is 0. The van der Waals surface area contributed by atoms with Gasteiger partial charge in [-0.1, -0.05) is 30.3 Å². The summed E-state index contributed by atoms with van der Waals surface area (Å²) in [6.45, 7) is 5.87. The van der Waals surface area contributed by atoms with Crippen molar-refractivity contribution in [2.45, 2.75) is 20.3 Å². The maximum atomic E-state index is 12.3. The van der Waals surface area contributed by atoms with Gasteiger partial charge in [0.2, 0.25) is 0 Å². The van der Waals surface area contributed by atoms with Crippen LogP contribution in [0.5, 0.6) is 0 Å². The smallest absolute Gasteiger partial charge is 0.263 e. The van der Waals surface area contributed by atoms with Crippen molar-refractivity contribution in [2.24, 2.45) is 11.8 Å². The van der Waals surface area contributed by atoms with Gasteiger partial charge in [0.15, 0.2) is 6.61 Å². The summed E-state index contributed by atoms with van der Waals surface area (Å²) in [7, 11) is 0. The van der Waals surface area contributed by atoms with E-state index >= 15 is 0 Å². The minimum Gasteiger partial charge on any atom is -0.385 e. The molecule has 1 saturated heterocycles. The van der Waals surface area contributed by atoms with Gasteiger partial charge in [0.25, 0.3) is 5.91 Å². The van der Waals surface area contributed by atoms with Crippen LogP contribution in [-0.2, 0) is 4.79 Å². The van der Waals surface area contributed by atoms with Gasteiger partial charge in [-0.2, -0.15) is 0 Å². The molecule has 6 nitrogen and oxygen atoms in total. The third-order valence-electron chi connectivity index (χ3n) is 3.91. The van der Waals surface area contributed by atoms with Crippen LogP contribution >= 0.6 is 11.6 Å². The molecule has 0 aliphatic carbocycles. The number of piperidine rings is 1. The summed E-state index contributed by atoms with van der Waals surface area (Å²) in [5, 5.41) is 8.45. The molecule has 0 saturated carbocycles. The summed E-state index contributed by atoms with van der Waals surface area (Å²) in [5.41, 5.74) is 1.33. The molecule has 118 valence electrons. The Morgan fingerprint density at radius 1 is 1.36 bits per heavy atom. The second-order valence-electron chi connectivity index (χ2n) is 6.11. The van der Waals surface area contributed by atoms with Gasteiger partial charge < -0.3 is 9.74 Å². The lowest BCUT2D eigenvalue weighted by Gasteiger charge is -2.34. The Morgan fingerprint density at radius 3 is 2.82 bits per heavy atom. The molecule has 2 unspecified atom stereocenters. The Morgan fingerprint density at radius 2 is 2.09 bits per heavy atom. The van der Waals surface area contributed by atoms with Crippen LogP contribution in [0.2, 0.25) is 5.02 Å². The summed E-state index contributed by atoms with van der Waals surface area (Å²) in [6, 6.07) is 5.22. The first-order valence-electron chi connectivity index (χ1n) is 7.45. The van der Waals surface area contributed by atoms with Crippen LogP contribution in [0.1, 0.15) is 20.3 Å². The molecule has 22 heavy (non-hydrogen) atoms. The first-order valence-corrected chi connectivity index (χ1v) is 7.82. The summed E-state index contributed by atoms with van der Waals surface area (Å²) < 4.78 is 0. The molecule has 1 fully saturated rings. The van der Waals surface area contributed by atoms with Gasteiger partial charge in [-0.05, 0) is 41.7 Å². The highest BCUT2D eigenvalue weighted by Gasteiger charge is 2.25. The van der Waals surface area contributed by atoms with E-state index in [-0.39, 0.29) is 12.5 Å². The molecule has 0 radical (unpaired) electrons. The summed E-state index contributed by atoms with van der Waals surface area (Å²) >= 11 is 5.96. The van der Waals surface area contributed by atoms with Crippen molar-refractivity contribution >= 4 is 28.5 Å². The molecule has 1 aromatic heterocycles. The van der Waals surface area contributed by atoms with Gasteiger partial charge in [-0.15, -0.1) is 5.10 Å². The zero-order valence-electron chi connectivity index (χ0n) is 12.7. The Labute approximate surface area is 133 Å². The Kier molecular flexibility index (Phi) is 4.20. The fraction of sp³-hybridized carbons (Fsp3) is 0.533. The highest BCUT2D eigenvalue weighted by Crippen LogP contribution is 2.21. The molecule has 0 spiro atoms. The van der Waals surface area contributed by atoms with Crippen molar-refractivity contribution < 1.29 is 9.63 Å². The first kappa shape index (κ1) is 15.1. The molecule has 2 aromatic rings. The molecule has 2 heterocycles. The topological polar surface area (TPSA) is 60.2 Å². The average molecular weight is 323 g/mol. The van der Waals surface area contributed by atoms with Crippen LogP contribution in [-0.4, -0.2) is 45.7 Å². The van der Waals surface area contributed by atoms with Gasteiger partial charge in [0.1, 0.15) is 11.0 Å². The number of carbonyl (C=O) groups is 1. The second-order valence-corrected chi connectivity index (χ2v) is 6.55. The Bertz CT molecular complexity index is 677. The molecular formula is C15H19ClN4O2. The van der Waals surface area contributed by atoms with E-state index in [0.29, 0.717) is 27.9 Å². The van der Waals surface area contributed by atoms with E-state index in [1.165, 1.54) is 4.85 Å². The predicted molar refractivity (Wildman–Crippen MR) is 83.5 cm³/mol. The monoisotopic (exact) mass is 322 g/mol. The number of benzene rings is 1. The minimum absolute atomic E-state index is 0.0240. The SMILES string of the molecule is CC1CC(C)CN(C(=O)COn2nnc3ccc(Cl)cc32)C1. The number of carbonyl (C=O) groups excluding carboxylic acids is 1. The van der Waals surface area contributed by atoms with E-state index in [9.17, 15) is 4.79 Å². The van der Waals surface area contributed by atoms with Crippen LogP contribution in [0.3, 0.4) is 0 Å². The van der Waals surface area contributed by atoms with Crippen LogP contribution < -0.4 is 4.84 Å². The largest absolute Gasteiger partial charge is 0.385 e. The van der Waals surface area contributed by atoms with E-state index in [0.717, 1.165) is 19.5 Å². The number of nitrogens with zero attached hydrogens (tertiary/aromatic N) is 4. The normalized spacial score (nSPS) is 22.0. The fourth-order valence-electron chi connectivity index (χ4n) is 3.04. The van der Waals surface area contributed by atoms with Gasteiger partial charge >= 0.3 is 0 Å². The third-order valence-corrected chi connectivity index (χ3v) is 4.14. The van der Waals surface area contributed by atoms with Crippen molar-refractivity contribution in [2.75, 3.05) is 19.7 Å². The van der Waals surface area contributed by atoms with E-state index in [2.05, 4.69) is 24.2 Å². The van der Waals surface area contributed by atoms with Crippen molar-refractivity contribution in [1.29, 1.82) is 0 Å². The molecule has 1 aromatic carbocycles. The van der Waals surface area contributed by atoms with Crippen molar-refractivity contribution in [3.63, 3.8) is 0 Å². The van der Waals surface area contributed by atoms with Crippen LogP contribution in [0.4, 0.5) is 0 Å². The number of halogens is 1. The molecule has 7 heteroatoms. The Hall–Kier alpha value is -1.82. The fourth-order valence-corrected chi connectivity index (χ4v) is 3.21. The zero-order chi connectivity index (χ0) is 15.7. The van der Waals surface area contributed by atoms with Gasteiger partial charge in [-0.3, -0.25) is 4.79 Å². The van der Waals surface area contributed by atoms with Crippen molar-refractivity contribution in [1.82, 2.24) is 20.1 Å². The number of rotatable bonds is 3. The number of amides is 1. The van der Waals surface area contributed by atoms with Gasteiger partial charge in [-0.25, -0.2) is 0 Å². The number of aromatic nitrogens is 3.